The van der Waals surface area contributed by atoms with E-state index in [1.165, 1.54) is 0 Å². The predicted octanol–water partition coefficient (Wildman–Crippen LogP) is 1.13. The highest BCUT2D eigenvalue weighted by Crippen LogP contribution is 2.28. The van der Waals surface area contributed by atoms with E-state index in [0.29, 0.717) is 0 Å². The normalized spacial score (nSPS) is 14.1. The molecular formula is C15H19NO6. The molecule has 1 aromatic carbocycles. The van der Waals surface area contributed by atoms with Gasteiger partial charge in [0.1, 0.15) is 5.69 Å². The molecule has 0 bridgehead atoms. The molecule has 22 heavy (non-hydrogen) atoms. The van der Waals surface area contributed by atoms with E-state index >= 15 is 0 Å². The molecule has 0 spiro atoms. The summed E-state index contributed by atoms with van der Waals surface area (Å²) in [4.78, 5) is 32.0. The molecule has 0 heterocycles. The van der Waals surface area contributed by atoms with Crippen LogP contribution in [0.25, 0.3) is 0 Å². The Morgan fingerprint density at radius 3 is 1.95 bits per heavy atom. The fourth-order valence-electron chi connectivity index (χ4n) is 1.57. The van der Waals surface area contributed by atoms with Crippen LogP contribution in [0.1, 0.15) is 27.7 Å². The van der Waals surface area contributed by atoms with Gasteiger partial charge in [-0.1, -0.05) is 6.58 Å². The summed E-state index contributed by atoms with van der Waals surface area (Å²) in [5.74, 6) is -0.798. The first kappa shape index (κ1) is 17.5. The average Bonchev–Trinajstić information content (AvgIpc) is 2.48. The van der Waals surface area contributed by atoms with E-state index in [0.717, 1.165) is 0 Å². The number of anilines is 1. The second-order valence-corrected chi connectivity index (χ2v) is 5.33. The lowest BCUT2D eigenvalue weighted by molar-refractivity contribution is -0.118. The molecule has 1 aliphatic carbocycles. The van der Waals surface area contributed by atoms with Gasteiger partial charge in [0.2, 0.25) is 11.5 Å². The van der Waals surface area contributed by atoms with Gasteiger partial charge in [-0.2, -0.15) is 0 Å². The number of ether oxygens (including phenoxy) is 1. The third-order valence-corrected chi connectivity index (χ3v) is 2.65. The van der Waals surface area contributed by atoms with E-state index in [9.17, 15) is 14.4 Å². The zero-order valence-corrected chi connectivity index (χ0v) is 12.9. The summed E-state index contributed by atoms with van der Waals surface area (Å²) in [7, 11) is 0. The van der Waals surface area contributed by atoms with Gasteiger partial charge in [0.05, 0.1) is 11.7 Å². The number of ketones is 1. The molecule has 0 saturated heterocycles. The highest BCUT2D eigenvalue weighted by Gasteiger charge is 2.34. The van der Waals surface area contributed by atoms with Gasteiger partial charge in [0.15, 0.2) is 11.5 Å². The maximum Gasteiger partial charge on any atom is 0.271 e. The predicted molar refractivity (Wildman–Crippen MR) is 81.8 cm³/mol. The Balaban J connectivity index is 0.000000220. The number of aliphatic hydroxyl groups is 1. The first-order valence-corrected chi connectivity index (χ1v) is 6.70. The van der Waals surface area contributed by atoms with Crippen LogP contribution in [0, 0.1) is 0 Å². The highest BCUT2D eigenvalue weighted by molar-refractivity contribution is 6.17. The topological polar surface area (TPSA) is 113 Å². The summed E-state index contributed by atoms with van der Waals surface area (Å²) >= 11 is 0. The van der Waals surface area contributed by atoms with Crippen LogP contribution in [0.2, 0.25) is 0 Å². The summed E-state index contributed by atoms with van der Waals surface area (Å²) in [5.41, 5.74) is -1.24. The Morgan fingerprint density at radius 1 is 1.05 bits per heavy atom. The number of aliphatic hydroxyl groups excluding tert-OH is 1. The Kier molecular flexibility index (Phi) is 5.14. The summed E-state index contributed by atoms with van der Waals surface area (Å²) in [6, 6.07) is 0.0456. The van der Waals surface area contributed by atoms with Crippen molar-refractivity contribution >= 4 is 11.5 Å². The lowest BCUT2D eigenvalue weighted by atomic mass is 9.98. The van der Waals surface area contributed by atoms with E-state index in [1.54, 1.807) is 13.8 Å². The summed E-state index contributed by atoms with van der Waals surface area (Å²) in [5, 5.41) is 20.5. The van der Waals surface area contributed by atoms with Crippen molar-refractivity contribution in [1.29, 1.82) is 0 Å². The van der Waals surface area contributed by atoms with E-state index in [1.807, 2.05) is 13.8 Å². The van der Waals surface area contributed by atoms with Crippen molar-refractivity contribution < 1.29 is 19.7 Å². The van der Waals surface area contributed by atoms with Gasteiger partial charge in [0, 0.05) is 6.04 Å². The number of hydrogen-bond acceptors (Lipinski definition) is 7. The molecule has 0 unspecified atom stereocenters. The lowest BCUT2D eigenvalue weighted by Crippen LogP contribution is -2.34. The molecule has 0 aliphatic heterocycles. The van der Waals surface area contributed by atoms with Crippen LogP contribution in [-0.2, 0) is 9.53 Å². The summed E-state index contributed by atoms with van der Waals surface area (Å²) in [6.07, 6.45) is -0.0933. The number of nitrogens with one attached hydrogen (secondary N) is 1. The smallest absolute Gasteiger partial charge is 0.271 e. The zero-order valence-electron chi connectivity index (χ0n) is 12.9. The minimum atomic E-state index is -0.798. The number of allylic oxidation sites excluding steroid dienone is 2. The lowest BCUT2D eigenvalue weighted by Gasteiger charge is -2.21. The maximum atomic E-state index is 10.9. The maximum absolute atomic E-state index is 10.9. The Morgan fingerprint density at radius 2 is 1.59 bits per heavy atom. The molecular weight excluding hydrogens is 290 g/mol. The van der Waals surface area contributed by atoms with Crippen molar-refractivity contribution in [2.24, 2.45) is 0 Å². The fraction of sp³-hybridized carbons (Fsp3) is 0.400. The van der Waals surface area contributed by atoms with Crippen molar-refractivity contribution in [3.05, 3.63) is 44.1 Å². The van der Waals surface area contributed by atoms with Crippen molar-refractivity contribution in [2.45, 2.75) is 39.8 Å². The van der Waals surface area contributed by atoms with Gasteiger partial charge < -0.3 is 20.3 Å². The Bertz CT molecular complexity index is 704. The number of Topliss-reactive ketones (excluding diaryl/α,β-unsaturated/α-hetero) is 1. The van der Waals surface area contributed by atoms with Crippen LogP contribution in [0.3, 0.4) is 0 Å². The number of hydrogen-bond donors (Lipinski definition) is 3. The van der Waals surface area contributed by atoms with Gasteiger partial charge >= 0.3 is 0 Å². The van der Waals surface area contributed by atoms with E-state index < -0.39 is 16.6 Å². The molecule has 0 saturated carbocycles. The van der Waals surface area contributed by atoms with Crippen molar-refractivity contribution in [2.75, 3.05) is 5.32 Å². The van der Waals surface area contributed by atoms with Crippen LogP contribution in [0.15, 0.2) is 33.3 Å². The largest absolute Gasteiger partial charge is 0.504 e. The molecule has 7 heteroatoms. The first-order valence-electron chi connectivity index (χ1n) is 6.70. The van der Waals surface area contributed by atoms with E-state index in [2.05, 4.69) is 11.9 Å². The number of rotatable bonds is 4. The molecule has 3 N–H and O–H groups in total. The van der Waals surface area contributed by atoms with Crippen LogP contribution in [-0.4, -0.2) is 28.1 Å². The van der Waals surface area contributed by atoms with Gasteiger partial charge in [0.25, 0.3) is 10.9 Å². The molecule has 0 atom stereocenters. The molecule has 1 aliphatic rings. The molecule has 0 aromatic heterocycles. The molecule has 0 fully saturated rings. The van der Waals surface area contributed by atoms with Crippen molar-refractivity contribution in [1.82, 2.24) is 0 Å². The summed E-state index contributed by atoms with van der Waals surface area (Å²) in [6.45, 7) is 10.5. The van der Waals surface area contributed by atoms with E-state index in [4.69, 9.17) is 14.9 Å². The minimum Gasteiger partial charge on any atom is -0.504 e. The van der Waals surface area contributed by atoms with Gasteiger partial charge in [-0.25, -0.2) is 0 Å². The zero-order chi connectivity index (χ0) is 17.2. The van der Waals surface area contributed by atoms with Crippen LogP contribution < -0.4 is 16.2 Å². The quantitative estimate of drug-likeness (QED) is 0.564. The molecule has 0 amide bonds. The fourth-order valence-corrected chi connectivity index (χ4v) is 1.57. The minimum absolute atomic E-state index is 0.0456. The standard InChI is InChI=1S/C8H10O3.C7H9NO3/c1-4(2)11-8-6(9)5(3)7(8)10;1-3(2)8-4-5(9)7(11)6(4)10/h4,9H,3H2,1-2H3;3,8-9H,1-2H3. The summed E-state index contributed by atoms with van der Waals surface area (Å²) < 4.78 is 5.00. The van der Waals surface area contributed by atoms with E-state index in [-0.39, 0.29) is 40.7 Å². The van der Waals surface area contributed by atoms with Crippen LogP contribution in [0.5, 0.6) is 5.75 Å². The van der Waals surface area contributed by atoms with Crippen molar-refractivity contribution in [3.8, 4) is 5.75 Å². The highest BCUT2D eigenvalue weighted by atomic mass is 16.5. The average molecular weight is 309 g/mol. The third-order valence-electron chi connectivity index (χ3n) is 2.65. The first-order chi connectivity index (χ1) is 10.1. The monoisotopic (exact) mass is 309 g/mol. The molecule has 0 radical (unpaired) electrons. The second kappa shape index (κ2) is 6.46. The van der Waals surface area contributed by atoms with Gasteiger partial charge in [-0.05, 0) is 27.7 Å². The molecule has 1 aromatic rings. The van der Waals surface area contributed by atoms with Crippen LogP contribution >= 0.6 is 0 Å². The number of carbonyl (C=O) groups excluding carboxylic acids is 1. The Hall–Kier alpha value is -2.57. The van der Waals surface area contributed by atoms with Crippen molar-refractivity contribution in [3.63, 3.8) is 0 Å². The Labute approximate surface area is 127 Å². The van der Waals surface area contributed by atoms with Gasteiger partial charge in [-0.3, -0.25) is 14.4 Å². The van der Waals surface area contributed by atoms with Gasteiger partial charge in [-0.15, -0.1) is 0 Å². The number of aromatic hydroxyl groups is 1. The second-order valence-electron chi connectivity index (χ2n) is 5.33. The molecule has 2 rings (SSSR count). The molecule has 7 nitrogen and oxygen atoms in total. The van der Waals surface area contributed by atoms with Crippen LogP contribution in [0.4, 0.5) is 5.69 Å². The number of carbonyl (C=O) groups is 1. The third kappa shape index (κ3) is 3.36. The molecule has 120 valence electrons. The SMILES string of the molecule is C=C1C(=O)C(OC(C)C)=C1O.CC(C)Nc1c(O)c(=O)c1=O.